The Morgan fingerprint density at radius 3 is 2.29 bits per heavy atom. The Hall–Kier alpha value is -1.49. The van der Waals surface area contributed by atoms with Gasteiger partial charge in [0.25, 0.3) is 0 Å². The van der Waals surface area contributed by atoms with Gasteiger partial charge >= 0.3 is 0 Å². The van der Waals surface area contributed by atoms with Crippen molar-refractivity contribution >= 4 is 23.6 Å². The van der Waals surface area contributed by atoms with Crippen LogP contribution in [0.1, 0.15) is 25.8 Å². The fraction of sp³-hybridized carbons (Fsp3) is 0.500. The number of thioether (sulfide) groups is 1. The normalized spacial score (nSPS) is 12.0. The number of nitrogens with one attached hydrogen (secondary N) is 2. The molecule has 116 valence electrons. The van der Waals surface area contributed by atoms with Gasteiger partial charge in [-0.3, -0.25) is 9.59 Å². The maximum Gasteiger partial charge on any atom is 0.242 e. The molecular weight excluding hydrogens is 284 g/mol. The Morgan fingerprint density at radius 2 is 1.81 bits per heavy atom. The Bertz CT molecular complexity index is 472. The van der Waals surface area contributed by atoms with E-state index in [-0.39, 0.29) is 11.8 Å². The highest BCUT2D eigenvalue weighted by molar-refractivity contribution is 7.98. The average molecular weight is 308 g/mol. The van der Waals surface area contributed by atoms with Crippen LogP contribution in [0.25, 0.3) is 0 Å². The first kappa shape index (κ1) is 17.6. The molecule has 0 radical (unpaired) electrons. The van der Waals surface area contributed by atoms with Gasteiger partial charge in [-0.25, -0.2) is 0 Å². The lowest BCUT2D eigenvalue weighted by atomic mass is 10.0. The highest BCUT2D eigenvalue weighted by atomic mass is 32.2. The van der Waals surface area contributed by atoms with Gasteiger partial charge in [0.2, 0.25) is 11.8 Å². The van der Waals surface area contributed by atoms with Crippen LogP contribution in [0.2, 0.25) is 0 Å². The Kier molecular flexibility index (Phi) is 7.29. The zero-order chi connectivity index (χ0) is 15.8. The molecule has 0 aliphatic heterocycles. The number of amides is 2. The van der Waals surface area contributed by atoms with Gasteiger partial charge in [-0.15, -0.1) is 11.8 Å². The van der Waals surface area contributed by atoms with Crippen LogP contribution < -0.4 is 10.6 Å². The topological polar surface area (TPSA) is 58.2 Å². The third-order valence-corrected chi connectivity index (χ3v) is 3.87. The monoisotopic (exact) mass is 308 g/mol. The van der Waals surface area contributed by atoms with Crippen LogP contribution in [0.4, 0.5) is 0 Å². The van der Waals surface area contributed by atoms with Crippen molar-refractivity contribution in [3.63, 3.8) is 0 Å². The third-order valence-electron chi connectivity index (χ3n) is 3.13. The van der Waals surface area contributed by atoms with Gasteiger partial charge in [0.15, 0.2) is 0 Å². The lowest BCUT2D eigenvalue weighted by Gasteiger charge is -2.19. The highest BCUT2D eigenvalue weighted by Gasteiger charge is 2.20. The molecule has 0 saturated heterocycles. The predicted octanol–water partition coefficient (Wildman–Crippen LogP) is 2.23. The number of hydrogen-bond donors (Lipinski definition) is 2. The van der Waals surface area contributed by atoms with Crippen molar-refractivity contribution in [2.45, 2.75) is 37.6 Å². The molecule has 0 aliphatic carbocycles. The lowest BCUT2D eigenvalue weighted by Crippen LogP contribution is -2.46. The summed E-state index contributed by atoms with van der Waals surface area (Å²) in [6.45, 7) is 4.06. The van der Waals surface area contributed by atoms with Crippen LogP contribution >= 0.6 is 11.8 Å². The number of hydrogen-bond acceptors (Lipinski definition) is 3. The molecule has 2 amide bonds. The number of carbonyl (C=O) groups excluding carboxylic acids is 2. The summed E-state index contributed by atoms with van der Waals surface area (Å²) in [6.07, 6.45) is 2.94. The molecule has 21 heavy (non-hydrogen) atoms. The lowest BCUT2D eigenvalue weighted by molar-refractivity contribution is -0.128. The largest absolute Gasteiger partial charge is 0.357 e. The molecule has 4 nitrogen and oxygen atoms in total. The number of carbonyl (C=O) groups is 2. The van der Waals surface area contributed by atoms with Gasteiger partial charge < -0.3 is 10.6 Å². The summed E-state index contributed by atoms with van der Waals surface area (Å²) >= 11 is 1.67. The first-order valence-electron chi connectivity index (χ1n) is 7.10. The van der Waals surface area contributed by atoms with Gasteiger partial charge in [-0.05, 0) is 36.3 Å². The number of rotatable bonds is 7. The predicted molar refractivity (Wildman–Crippen MR) is 87.4 cm³/mol. The molecule has 0 spiro atoms. The standard InChI is InChI=1S/C16H24N2O2S/c1-11(2)9-14(16(20)17-3)18-15(19)10-12-5-7-13(21-4)8-6-12/h5-8,11,14H,9-10H2,1-4H3,(H,17,20)(H,18,19)/t14-/m0/s1. The zero-order valence-electron chi connectivity index (χ0n) is 13.1. The summed E-state index contributed by atoms with van der Waals surface area (Å²) in [5.41, 5.74) is 0.950. The van der Waals surface area contributed by atoms with Crippen LogP contribution in [0, 0.1) is 5.92 Å². The molecule has 1 aromatic rings. The van der Waals surface area contributed by atoms with Crippen LogP contribution in [0.3, 0.4) is 0 Å². The zero-order valence-corrected chi connectivity index (χ0v) is 13.9. The summed E-state index contributed by atoms with van der Waals surface area (Å²) in [5.74, 6) is 0.0735. The van der Waals surface area contributed by atoms with E-state index < -0.39 is 6.04 Å². The minimum Gasteiger partial charge on any atom is -0.357 e. The number of benzene rings is 1. The van der Waals surface area contributed by atoms with Crippen molar-refractivity contribution in [3.8, 4) is 0 Å². The first-order chi connectivity index (χ1) is 9.96. The van der Waals surface area contributed by atoms with E-state index in [0.29, 0.717) is 18.8 Å². The third kappa shape index (κ3) is 6.21. The quantitative estimate of drug-likeness (QED) is 0.760. The SMILES string of the molecule is CNC(=O)[C@H](CC(C)C)NC(=O)Cc1ccc(SC)cc1. The molecule has 1 atom stereocenters. The van der Waals surface area contributed by atoms with E-state index in [1.807, 2.05) is 44.4 Å². The molecule has 0 unspecified atom stereocenters. The minimum atomic E-state index is -0.465. The van der Waals surface area contributed by atoms with Crippen molar-refractivity contribution in [3.05, 3.63) is 29.8 Å². The van der Waals surface area contributed by atoms with E-state index >= 15 is 0 Å². The van der Waals surface area contributed by atoms with Gasteiger partial charge in [0.05, 0.1) is 6.42 Å². The van der Waals surface area contributed by atoms with Crippen molar-refractivity contribution in [2.75, 3.05) is 13.3 Å². The Labute approximate surface area is 131 Å². The summed E-state index contributed by atoms with van der Waals surface area (Å²) < 4.78 is 0. The van der Waals surface area contributed by atoms with Crippen LogP contribution in [0.5, 0.6) is 0 Å². The van der Waals surface area contributed by atoms with Crippen molar-refractivity contribution in [1.82, 2.24) is 10.6 Å². The molecule has 5 heteroatoms. The van der Waals surface area contributed by atoms with Gasteiger partial charge in [0, 0.05) is 11.9 Å². The van der Waals surface area contributed by atoms with E-state index in [1.165, 1.54) is 4.90 Å². The second-order valence-electron chi connectivity index (χ2n) is 5.39. The first-order valence-corrected chi connectivity index (χ1v) is 8.32. The molecule has 0 aliphatic rings. The van der Waals surface area contributed by atoms with Gasteiger partial charge in [0.1, 0.15) is 6.04 Å². The molecule has 0 bridgehead atoms. The maximum atomic E-state index is 12.1. The molecule has 1 aromatic carbocycles. The van der Waals surface area contributed by atoms with Crippen LogP contribution in [-0.4, -0.2) is 31.2 Å². The maximum absolute atomic E-state index is 12.1. The average Bonchev–Trinajstić information content (AvgIpc) is 2.46. The molecule has 2 N–H and O–H groups in total. The van der Waals surface area contributed by atoms with Crippen molar-refractivity contribution in [1.29, 1.82) is 0 Å². The Balaban J connectivity index is 2.61. The summed E-state index contributed by atoms with van der Waals surface area (Å²) in [5, 5.41) is 5.42. The van der Waals surface area contributed by atoms with Crippen molar-refractivity contribution in [2.24, 2.45) is 5.92 Å². The van der Waals surface area contributed by atoms with Crippen LogP contribution in [0.15, 0.2) is 29.2 Å². The highest BCUT2D eigenvalue weighted by Crippen LogP contribution is 2.15. The molecular formula is C16H24N2O2S. The molecule has 0 saturated carbocycles. The van der Waals surface area contributed by atoms with E-state index in [2.05, 4.69) is 10.6 Å². The second-order valence-corrected chi connectivity index (χ2v) is 6.27. The fourth-order valence-corrected chi connectivity index (χ4v) is 2.46. The van der Waals surface area contributed by atoms with E-state index in [1.54, 1.807) is 18.8 Å². The fourth-order valence-electron chi connectivity index (χ4n) is 2.05. The van der Waals surface area contributed by atoms with E-state index in [4.69, 9.17) is 0 Å². The smallest absolute Gasteiger partial charge is 0.242 e. The van der Waals surface area contributed by atoms with Gasteiger partial charge in [-0.2, -0.15) is 0 Å². The summed E-state index contributed by atoms with van der Waals surface area (Å²) in [6, 6.07) is 7.42. The molecule has 0 heterocycles. The van der Waals surface area contributed by atoms with E-state index in [0.717, 1.165) is 5.56 Å². The van der Waals surface area contributed by atoms with Crippen LogP contribution in [-0.2, 0) is 16.0 Å². The minimum absolute atomic E-state index is 0.124. The molecule has 0 aromatic heterocycles. The molecule has 0 fully saturated rings. The summed E-state index contributed by atoms with van der Waals surface area (Å²) in [7, 11) is 1.59. The van der Waals surface area contributed by atoms with E-state index in [9.17, 15) is 9.59 Å². The number of likely N-dealkylation sites (N-methyl/N-ethyl adjacent to an activating group) is 1. The Morgan fingerprint density at radius 1 is 1.19 bits per heavy atom. The van der Waals surface area contributed by atoms with Gasteiger partial charge in [-0.1, -0.05) is 26.0 Å². The summed E-state index contributed by atoms with van der Waals surface area (Å²) in [4.78, 5) is 25.0. The second kappa shape index (κ2) is 8.72. The molecule has 1 rings (SSSR count). The van der Waals surface area contributed by atoms with Crippen molar-refractivity contribution < 1.29 is 9.59 Å².